The van der Waals surface area contributed by atoms with E-state index in [2.05, 4.69) is 84.9 Å². The van der Waals surface area contributed by atoms with Gasteiger partial charge in [-0.2, -0.15) is 0 Å². The van der Waals surface area contributed by atoms with Crippen LogP contribution < -0.4 is 4.74 Å². The summed E-state index contributed by atoms with van der Waals surface area (Å²) >= 11 is 0. The van der Waals surface area contributed by atoms with Crippen molar-refractivity contribution in [1.82, 2.24) is 0 Å². The predicted octanol–water partition coefficient (Wildman–Crippen LogP) is 3.62. The molecule has 0 fully saturated rings. The highest BCUT2D eigenvalue weighted by Gasteiger charge is 2.42. The van der Waals surface area contributed by atoms with Crippen LogP contribution in [0.25, 0.3) is 0 Å². The van der Waals surface area contributed by atoms with E-state index in [1.807, 2.05) is 0 Å². The van der Waals surface area contributed by atoms with Crippen LogP contribution in [0.4, 0.5) is 0 Å². The van der Waals surface area contributed by atoms with Gasteiger partial charge in [0.1, 0.15) is 11.0 Å². The van der Waals surface area contributed by atoms with E-state index in [9.17, 15) is 0 Å². The van der Waals surface area contributed by atoms with E-state index < -0.39 is 0 Å². The molecule has 23 heavy (non-hydrogen) atoms. The van der Waals surface area contributed by atoms with E-state index in [0.717, 1.165) is 22.4 Å². The maximum absolute atomic E-state index is 6.63. The van der Waals surface area contributed by atoms with Gasteiger partial charge in [-0.25, -0.2) is 0 Å². The number of rotatable bonds is 2. The summed E-state index contributed by atoms with van der Waals surface area (Å²) in [5, 5.41) is -0.225. The van der Waals surface area contributed by atoms with Crippen LogP contribution in [0.1, 0.15) is 22.6 Å². The minimum atomic E-state index is -0.225. The Hall–Kier alpha value is -2.32. The van der Waals surface area contributed by atoms with Gasteiger partial charge in [0.25, 0.3) is 0 Å². The van der Waals surface area contributed by atoms with Crippen molar-refractivity contribution in [2.45, 2.75) is 17.6 Å². The van der Waals surface area contributed by atoms with Gasteiger partial charge in [-0.15, -0.1) is 0 Å². The van der Waals surface area contributed by atoms with Crippen molar-refractivity contribution in [2.75, 3.05) is 0 Å². The van der Waals surface area contributed by atoms with Crippen LogP contribution in [-0.4, -0.2) is 10.2 Å². The van der Waals surface area contributed by atoms with E-state index in [1.165, 1.54) is 16.7 Å². The first-order valence-electron chi connectivity index (χ1n) is 8.15. The van der Waals surface area contributed by atoms with Crippen LogP contribution in [0.3, 0.4) is 0 Å². The van der Waals surface area contributed by atoms with Crippen LogP contribution >= 0.6 is 0 Å². The Morgan fingerprint density at radius 1 is 0.783 bits per heavy atom. The summed E-state index contributed by atoms with van der Waals surface area (Å²) in [5.41, 5.74) is 3.96. The Labute approximate surface area is 140 Å². The van der Waals surface area contributed by atoms with Crippen LogP contribution in [0.15, 0.2) is 84.9 Å². The largest absolute Gasteiger partial charge is 0.487 e. The summed E-state index contributed by atoms with van der Waals surface area (Å²) in [6, 6.07) is 30.0. The third kappa shape index (κ3) is 2.49. The van der Waals surface area contributed by atoms with Gasteiger partial charge in [0.15, 0.2) is 0 Å². The first kappa shape index (κ1) is 14.3. The lowest BCUT2D eigenvalue weighted by Gasteiger charge is -2.43. The molecule has 0 bridgehead atoms. The summed E-state index contributed by atoms with van der Waals surface area (Å²) in [6.45, 7) is 0. The minimum Gasteiger partial charge on any atom is -0.487 e. The third-order valence-electron chi connectivity index (χ3n) is 4.93. The second-order valence-electron chi connectivity index (χ2n) is 6.35. The van der Waals surface area contributed by atoms with E-state index in [1.54, 1.807) is 0 Å². The minimum absolute atomic E-state index is 0.225. The molecule has 0 aliphatic carbocycles. The predicted molar refractivity (Wildman–Crippen MR) is 98.0 cm³/mol. The molecule has 0 aromatic heterocycles. The zero-order valence-electron chi connectivity index (χ0n) is 13.3. The van der Waals surface area contributed by atoms with Crippen molar-refractivity contribution >= 4 is 10.2 Å². The molecule has 1 aliphatic heterocycles. The Bertz CT molecular complexity index is 800. The molecule has 0 saturated carbocycles. The third-order valence-corrected chi connectivity index (χ3v) is 6.41. The molecule has 0 radical (unpaired) electrons. The van der Waals surface area contributed by atoms with Crippen molar-refractivity contribution in [2.24, 2.45) is 0 Å². The van der Waals surface area contributed by atoms with Crippen molar-refractivity contribution in [3.8, 4) is 5.75 Å². The molecular formula is C21H20OSi. The van der Waals surface area contributed by atoms with Gasteiger partial charge in [-0.05, 0) is 29.2 Å². The molecule has 2 atom stereocenters. The second-order valence-corrected chi connectivity index (χ2v) is 7.84. The number of hydrogen-bond acceptors (Lipinski definition) is 1. The van der Waals surface area contributed by atoms with E-state index in [-0.39, 0.29) is 5.22 Å². The summed E-state index contributed by atoms with van der Waals surface area (Å²) in [5.74, 6) is 1.39. The number of fused-ring (bicyclic) bond motifs is 1. The van der Waals surface area contributed by atoms with Gasteiger partial charge in [-0.3, -0.25) is 0 Å². The SMILES string of the molecule is [SiH3]C1(c2ccccc2)Oc2ccccc2CC1c1ccccc1. The molecule has 4 rings (SSSR count). The first-order chi connectivity index (χ1) is 11.3. The molecule has 0 saturated heterocycles. The summed E-state index contributed by atoms with van der Waals surface area (Å²) in [6.07, 6.45) is 1.03. The van der Waals surface area contributed by atoms with Gasteiger partial charge >= 0.3 is 0 Å². The molecule has 114 valence electrons. The highest BCUT2D eigenvalue weighted by molar-refractivity contribution is 6.16. The van der Waals surface area contributed by atoms with Gasteiger partial charge in [0.2, 0.25) is 0 Å². The smallest absolute Gasteiger partial charge is 0.123 e. The first-order valence-corrected chi connectivity index (χ1v) is 9.15. The molecule has 3 aromatic rings. The molecule has 0 N–H and O–H groups in total. The lowest BCUT2D eigenvalue weighted by Crippen LogP contribution is -2.44. The molecule has 1 aliphatic rings. The molecule has 1 heterocycles. The average molecular weight is 316 g/mol. The fourth-order valence-corrected chi connectivity index (χ4v) is 4.73. The number of para-hydroxylation sites is 1. The monoisotopic (exact) mass is 316 g/mol. The summed E-state index contributed by atoms with van der Waals surface area (Å²) < 4.78 is 6.63. The topological polar surface area (TPSA) is 9.23 Å². The quantitative estimate of drug-likeness (QED) is 0.656. The second kappa shape index (κ2) is 5.71. The lowest BCUT2D eigenvalue weighted by molar-refractivity contribution is 0.105. The highest BCUT2D eigenvalue weighted by Crippen LogP contribution is 2.46. The van der Waals surface area contributed by atoms with Crippen LogP contribution in [0.5, 0.6) is 5.75 Å². The molecule has 2 unspecified atom stereocenters. The summed E-state index contributed by atoms with van der Waals surface area (Å²) in [7, 11) is 0.932. The Kier molecular flexibility index (Phi) is 3.54. The summed E-state index contributed by atoms with van der Waals surface area (Å²) in [4.78, 5) is 0. The fourth-order valence-electron chi connectivity index (χ4n) is 3.64. The molecule has 0 spiro atoms. The Morgan fingerprint density at radius 2 is 1.39 bits per heavy atom. The Balaban J connectivity index is 1.87. The van der Waals surface area contributed by atoms with Crippen LogP contribution in [0, 0.1) is 0 Å². The van der Waals surface area contributed by atoms with Crippen molar-refractivity contribution in [3.05, 3.63) is 102 Å². The van der Waals surface area contributed by atoms with Crippen LogP contribution in [-0.2, 0) is 11.6 Å². The number of benzene rings is 3. The van der Waals surface area contributed by atoms with E-state index in [0.29, 0.717) is 5.92 Å². The Morgan fingerprint density at radius 3 is 2.13 bits per heavy atom. The van der Waals surface area contributed by atoms with Crippen molar-refractivity contribution in [1.29, 1.82) is 0 Å². The zero-order chi connectivity index (χ0) is 15.7. The standard InChI is InChI=1S/C21H20OSi/c23-21(18-12-5-2-6-13-18)19(16-9-3-1-4-10-16)15-17-11-7-8-14-20(17)22-21/h1-14,19H,15H2,23H3. The van der Waals surface area contributed by atoms with Crippen molar-refractivity contribution in [3.63, 3.8) is 0 Å². The van der Waals surface area contributed by atoms with Gasteiger partial charge in [0, 0.05) is 5.92 Å². The number of ether oxygens (including phenoxy) is 1. The van der Waals surface area contributed by atoms with Crippen LogP contribution in [0.2, 0.25) is 0 Å². The van der Waals surface area contributed by atoms with E-state index >= 15 is 0 Å². The molecule has 0 amide bonds. The van der Waals surface area contributed by atoms with Crippen molar-refractivity contribution < 1.29 is 4.74 Å². The van der Waals surface area contributed by atoms with Gasteiger partial charge in [-0.1, -0.05) is 78.9 Å². The zero-order valence-corrected chi connectivity index (χ0v) is 15.3. The fraction of sp³-hybridized carbons (Fsp3) is 0.143. The highest BCUT2D eigenvalue weighted by atomic mass is 28.1. The average Bonchev–Trinajstić information content (AvgIpc) is 2.62. The lowest BCUT2D eigenvalue weighted by atomic mass is 9.81. The van der Waals surface area contributed by atoms with Gasteiger partial charge < -0.3 is 4.74 Å². The molecule has 1 nitrogen and oxygen atoms in total. The molecule has 2 heteroatoms. The van der Waals surface area contributed by atoms with Gasteiger partial charge in [0.05, 0.1) is 10.2 Å². The van der Waals surface area contributed by atoms with E-state index in [4.69, 9.17) is 4.74 Å². The normalized spacial score (nSPS) is 23.0. The maximum Gasteiger partial charge on any atom is 0.123 e. The maximum atomic E-state index is 6.63. The molecule has 3 aromatic carbocycles. The molecular weight excluding hydrogens is 296 g/mol. The number of hydrogen-bond donors (Lipinski definition) is 0.